The third-order valence-electron chi connectivity index (χ3n) is 2.35. The Hall–Kier alpha value is -0.730. The van der Waals surface area contributed by atoms with E-state index in [2.05, 4.69) is 0 Å². The zero-order valence-corrected chi connectivity index (χ0v) is 7.92. The average molecular weight is 199 g/mol. The summed E-state index contributed by atoms with van der Waals surface area (Å²) in [6.45, 7) is 1.55. The predicted molar refractivity (Wildman–Crippen MR) is 51.3 cm³/mol. The molecule has 1 N–H and O–H groups in total. The summed E-state index contributed by atoms with van der Waals surface area (Å²) >= 11 is 5.99. The van der Waals surface area contributed by atoms with Crippen LogP contribution in [-0.4, -0.2) is 18.3 Å². The molecule has 0 aliphatic carbocycles. The molecule has 1 unspecified atom stereocenters. The second-order valence-corrected chi connectivity index (χ2v) is 3.67. The van der Waals surface area contributed by atoms with Gasteiger partial charge in [-0.3, -0.25) is 0 Å². The maximum Gasteiger partial charge on any atom is 0.117 e. The summed E-state index contributed by atoms with van der Waals surface area (Å²) in [6.07, 6.45) is 1.02. The summed E-state index contributed by atoms with van der Waals surface area (Å²) in [7, 11) is 0. The largest absolute Gasteiger partial charge is 0.508 e. The van der Waals surface area contributed by atoms with Crippen LogP contribution in [0.15, 0.2) is 18.2 Å². The van der Waals surface area contributed by atoms with Gasteiger partial charge in [-0.25, -0.2) is 0 Å². The standard InChI is InChI=1S/C10H11ClO2/c11-10-5-8(12)1-2-9(10)7-3-4-13-6-7/h1-2,5,7,12H,3-4,6H2. The molecule has 1 aliphatic rings. The fourth-order valence-electron chi connectivity index (χ4n) is 1.63. The highest BCUT2D eigenvalue weighted by molar-refractivity contribution is 6.31. The van der Waals surface area contributed by atoms with Crippen molar-refractivity contribution in [3.63, 3.8) is 0 Å². The molecular weight excluding hydrogens is 188 g/mol. The molecule has 1 aromatic carbocycles. The Kier molecular flexibility index (Phi) is 2.42. The number of benzene rings is 1. The van der Waals surface area contributed by atoms with E-state index < -0.39 is 0 Å². The van der Waals surface area contributed by atoms with Crippen molar-refractivity contribution < 1.29 is 9.84 Å². The van der Waals surface area contributed by atoms with Crippen molar-refractivity contribution in [1.82, 2.24) is 0 Å². The topological polar surface area (TPSA) is 29.5 Å². The zero-order chi connectivity index (χ0) is 9.26. The van der Waals surface area contributed by atoms with Crippen molar-refractivity contribution >= 4 is 11.6 Å². The molecule has 70 valence electrons. The third kappa shape index (κ3) is 1.79. The SMILES string of the molecule is Oc1ccc(C2CCOC2)c(Cl)c1. The Bertz CT molecular complexity index is 306. The van der Waals surface area contributed by atoms with Gasteiger partial charge in [0.25, 0.3) is 0 Å². The highest BCUT2D eigenvalue weighted by Gasteiger charge is 2.19. The monoisotopic (exact) mass is 198 g/mol. The summed E-state index contributed by atoms with van der Waals surface area (Å²) < 4.78 is 5.28. The molecule has 0 amide bonds. The summed E-state index contributed by atoms with van der Waals surface area (Å²) in [5, 5.41) is 9.80. The number of rotatable bonds is 1. The number of hydrogen-bond donors (Lipinski definition) is 1. The first-order chi connectivity index (χ1) is 6.27. The van der Waals surface area contributed by atoms with E-state index in [1.54, 1.807) is 12.1 Å². The van der Waals surface area contributed by atoms with Gasteiger partial charge >= 0.3 is 0 Å². The second kappa shape index (κ2) is 3.56. The van der Waals surface area contributed by atoms with Crippen molar-refractivity contribution in [2.75, 3.05) is 13.2 Å². The van der Waals surface area contributed by atoms with Crippen molar-refractivity contribution in [2.45, 2.75) is 12.3 Å². The van der Waals surface area contributed by atoms with E-state index in [4.69, 9.17) is 21.4 Å². The van der Waals surface area contributed by atoms with Crippen LogP contribution >= 0.6 is 11.6 Å². The highest BCUT2D eigenvalue weighted by atomic mass is 35.5. The van der Waals surface area contributed by atoms with Gasteiger partial charge in [0.05, 0.1) is 6.61 Å². The van der Waals surface area contributed by atoms with Crippen molar-refractivity contribution in [1.29, 1.82) is 0 Å². The molecule has 0 bridgehead atoms. The lowest BCUT2D eigenvalue weighted by Gasteiger charge is -2.09. The van der Waals surface area contributed by atoms with Gasteiger partial charge < -0.3 is 9.84 Å². The Morgan fingerprint density at radius 3 is 2.92 bits per heavy atom. The summed E-state index contributed by atoms with van der Waals surface area (Å²) in [5.41, 5.74) is 1.08. The van der Waals surface area contributed by atoms with Gasteiger partial charge in [-0.15, -0.1) is 0 Å². The molecule has 1 aromatic rings. The Labute approximate surface area is 82.1 Å². The average Bonchev–Trinajstić information content (AvgIpc) is 2.56. The van der Waals surface area contributed by atoms with Crippen LogP contribution in [0.1, 0.15) is 17.9 Å². The second-order valence-electron chi connectivity index (χ2n) is 3.27. The number of hydrogen-bond acceptors (Lipinski definition) is 2. The molecule has 1 heterocycles. The molecule has 2 rings (SSSR count). The molecule has 1 saturated heterocycles. The van der Waals surface area contributed by atoms with E-state index >= 15 is 0 Å². The van der Waals surface area contributed by atoms with E-state index in [9.17, 15) is 0 Å². The van der Waals surface area contributed by atoms with Crippen molar-refractivity contribution in [3.05, 3.63) is 28.8 Å². The van der Waals surface area contributed by atoms with Gasteiger partial charge in [-0.2, -0.15) is 0 Å². The van der Waals surface area contributed by atoms with Crippen LogP contribution in [0.4, 0.5) is 0 Å². The minimum absolute atomic E-state index is 0.215. The predicted octanol–water partition coefficient (Wildman–Crippen LogP) is 2.55. The summed E-state index contributed by atoms with van der Waals surface area (Å²) in [5.74, 6) is 0.612. The molecule has 1 aliphatic heterocycles. The first-order valence-electron chi connectivity index (χ1n) is 4.33. The van der Waals surface area contributed by atoms with Crippen LogP contribution in [0.2, 0.25) is 5.02 Å². The molecule has 0 aromatic heterocycles. The first kappa shape index (κ1) is 8.85. The lowest BCUT2D eigenvalue weighted by molar-refractivity contribution is 0.194. The van der Waals surface area contributed by atoms with E-state index in [0.717, 1.165) is 25.2 Å². The molecule has 0 spiro atoms. The van der Waals surface area contributed by atoms with Gasteiger partial charge in [-0.1, -0.05) is 17.7 Å². The molecule has 1 atom stereocenters. The molecule has 1 fully saturated rings. The van der Waals surface area contributed by atoms with E-state index in [1.807, 2.05) is 6.07 Å². The van der Waals surface area contributed by atoms with E-state index in [0.29, 0.717) is 10.9 Å². The van der Waals surface area contributed by atoms with Crippen LogP contribution in [0.25, 0.3) is 0 Å². The molecule has 2 nitrogen and oxygen atoms in total. The Morgan fingerprint density at radius 1 is 1.46 bits per heavy atom. The van der Waals surface area contributed by atoms with Gasteiger partial charge in [-0.05, 0) is 24.1 Å². The maximum atomic E-state index is 9.16. The van der Waals surface area contributed by atoms with Crippen LogP contribution in [0.3, 0.4) is 0 Å². The molecule has 3 heteroatoms. The third-order valence-corrected chi connectivity index (χ3v) is 2.68. The van der Waals surface area contributed by atoms with Crippen molar-refractivity contribution in [2.24, 2.45) is 0 Å². The van der Waals surface area contributed by atoms with Gasteiger partial charge in [0.2, 0.25) is 0 Å². The number of aromatic hydroxyl groups is 1. The smallest absolute Gasteiger partial charge is 0.117 e. The molecule has 0 saturated carbocycles. The molecule has 0 radical (unpaired) electrons. The Balaban J connectivity index is 2.29. The van der Waals surface area contributed by atoms with E-state index in [-0.39, 0.29) is 5.75 Å². The lowest BCUT2D eigenvalue weighted by Crippen LogP contribution is -1.97. The van der Waals surface area contributed by atoms with Crippen LogP contribution < -0.4 is 0 Å². The summed E-state index contributed by atoms with van der Waals surface area (Å²) in [6, 6.07) is 5.12. The number of halogens is 1. The number of phenolic OH excluding ortho intramolecular Hbond substituents is 1. The van der Waals surface area contributed by atoms with Gasteiger partial charge in [0.1, 0.15) is 5.75 Å². The highest BCUT2D eigenvalue weighted by Crippen LogP contribution is 2.32. The minimum atomic E-state index is 0.215. The molecule has 13 heavy (non-hydrogen) atoms. The summed E-state index contributed by atoms with van der Waals surface area (Å²) in [4.78, 5) is 0. The number of ether oxygens (including phenoxy) is 1. The maximum absolute atomic E-state index is 9.16. The van der Waals surface area contributed by atoms with Crippen LogP contribution in [0.5, 0.6) is 5.75 Å². The molecular formula is C10H11ClO2. The zero-order valence-electron chi connectivity index (χ0n) is 7.16. The van der Waals surface area contributed by atoms with Crippen LogP contribution in [-0.2, 0) is 4.74 Å². The van der Waals surface area contributed by atoms with Crippen molar-refractivity contribution in [3.8, 4) is 5.75 Å². The van der Waals surface area contributed by atoms with Gasteiger partial charge in [0.15, 0.2) is 0 Å². The van der Waals surface area contributed by atoms with Gasteiger partial charge in [0, 0.05) is 17.5 Å². The Morgan fingerprint density at radius 2 is 2.31 bits per heavy atom. The van der Waals surface area contributed by atoms with E-state index in [1.165, 1.54) is 0 Å². The quantitative estimate of drug-likeness (QED) is 0.752. The first-order valence-corrected chi connectivity index (χ1v) is 4.71. The fourth-order valence-corrected chi connectivity index (χ4v) is 1.96. The minimum Gasteiger partial charge on any atom is -0.508 e. The lowest BCUT2D eigenvalue weighted by atomic mass is 9.98. The number of phenols is 1. The fraction of sp³-hybridized carbons (Fsp3) is 0.400. The normalized spacial score (nSPS) is 22.1. The van der Waals surface area contributed by atoms with Crippen LogP contribution in [0, 0.1) is 0 Å².